The molecular weight excluding hydrogens is 205 g/mol. The lowest BCUT2D eigenvalue weighted by Gasteiger charge is -2.18. The Hall–Kier alpha value is -1.42. The van der Waals surface area contributed by atoms with Gasteiger partial charge in [-0.05, 0) is 33.2 Å². The largest absolute Gasteiger partial charge is 0.306 e. The van der Waals surface area contributed by atoms with Gasteiger partial charge in [0.2, 0.25) is 0 Å². The molecule has 0 amide bonds. The van der Waals surface area contributed by atoms with Crippen molar-refractivity contribution in [2.45, 2.75) is 19.4 Å². The highest BCUT2D eigenvalue weighted by molar-refractivity contribution is 5.52. The van der Waals surface area contributed by atoms with Crippen molar-refractivity contribution in [3.8, 4) is 0 Å². The van der Waals surface area contributed by atoms with Gasteiger partial charge in [-0.15, -0.1) is 0 Å². The third-order valence-corrected chi connectivity index (χ3v) is 2.94. The molecule has 0 bridgehead atoms. The first-order chi connectivity index (χ1) is 7.58. The van der Waals surface area contributed by atoms with E-state index < -0.39 is 0 Å². The average Bonchev–Trinajstić information content (AvgIpc) is 2.60. The number of pyridine rings is 1. The molecule has 0 fully saturated rings. The minimum Gasteiger partial charge on any atom is -0.306 e. The van der Waals surface area contributed by atoms with Crippen molar-refractivity contribution < 1.29 is 4.39 Å². The number of likely N-dealkylation sites (N-methyl/N-ethyl adjacent to an activating group) is 1. The SMILES string of the molecule is CC(Cc1ncn2cc(F)ccc12)N(C)C. The molecule has 2 heterocycles. The van der Waals surface area contributed by atoms with E-state index in [0.29, 0.717) is 6.04 Å². The number of hydrogen-bond donors (Lipinski definition) is 0. The van der Waals surface area contributed by atoms with Crippen LogP contribution < -0.4 is 0 Å². The molecule has 3 nitrogen and oxygen atoms in total. The van der Waals surface area contributed by atoms with Crippen LogP contribution in [0, 0.1) is 5.82 Å². The van der Waals surface area contributed by atoms with E-state index in [9.17, 15) is 4.39 Å². The van der Waals surface area contributed by atoms with Crippen LogP contribution >= 0.6 is 0 Å². The molecule has 86 valence electrons. The fourth-order valence-corrected chi connectivity index (χ4v) is 1.65. The van der Waals surface area contributed by atoms with E-state index >= 15 is 0 Å². The van der Waals surface area contributed by atoms with Gasteiger partial charge in [-0.2, -0.15) is 0 Å². The summed E-state index contributed by atoms with van der Waals surface area (Å²) >= 11 is 0. The Bertz CT molecular complexity index is 490. The lowest BCUT2D eigenvalue weighted by atomic mass is 10.1. The van der Waals surface area contributed by atoms with Gasteiger partial charge in [-0.3, -0.25) is 0 Å². The molecule has 0 saturated heterocycles. The summed E-state index contributed by atoms with van der Waals surface area (Å²) in [6.07, 6.45) is 3.98. The predicted octanol–water partition coefficient (Wildman–Crippen LogP) is 1.97. The number of rotatable bonds is 3. The van der Waals surface area contributed by atoms with Crippen LogP contribution in [0.4, 0.5) is 4.39 Å². The fourth-order valence-electron chi connectivity index (χ4n) is 1.65. The smallest absolute Gasteiger partial charge is 0.139 e. The molecule has 2 rings (SSSR count). The fraction of sp³-hybridized carbons (Fsp3) is 0.417. The Balaban J connectivity index is 2.32. The van der Waals surface area contributed by atoms with E-state index in [4.69, 9.17) is 0 Å². The van der Waals surface area contributed by atoms with Crippen LogP contribution in [0.5, 0.6) is 0 Å². The Labute approximate surface area is 94.5 Å². The molecule has 0 spiro atoms. The van der Waals surface area contributed by atoms with Crippen molar-refractivity contribution in [3.05, 3.63) is 36.2 Å². The normalized spacial score (nSPS) is 13.6. The van der Waals surface area contributed by atoms with Gasteiger partial charge in [0, 0.05) is 18.7 Å². The summed E-state index contributed by atoms with van der Waals surface area (Å²) in [4.78, 5) is 6.48. The molecule has 4 heteroatoms. The standard InChI is InChI=1S/C12H16FN3/c1-9(15(2)3)6-11-12-5-4-10(13)7-16(12)8-14-11/h4-5,7-9H,6H2,1-3H3. The van der Waals surface area contributed by atoms with Gasteiger partial charge < -0.3 is 9.30 Å². The third kappa shape index (κ3) is 2.07. The van der Waals surface area contributed by atoms with Crippen LogP contribution in [-0.2, 0) is 6.42 Å². The lowest BCUT2D eigenvalue weighted by Crippen LogP contribution is -2.26. The molecule has 1 atom stereocenters. The van der Waals surface area contributed by atoms with Gasteiger partial charge in [-0.1, -0.05) is 0 Å². The van der Waals surface area contributed by atoms with Gasteiger partial charge in [0.05, 0.1) is 17.5 Å². The van der Waals surface area contributed by atoms with E-state index in [1.54, 1.807) is 16.8 Å². The van der Waals surface area contributed by atoms with Crippen molar-refractivity contribution in [2.75, 3.05) is 14.1 Å². The first-order valence-corrected chi connectivity index (χ1v) is 5.35. The van der Waals surface area contributed by atoms with Crippen molar-refractivity contribution in [1.29, 1.82) is 0 Å². The summed E-state index contributed by atoms with van der Waals surface area (Å²) < 4.78 is 14.7. The van der Waals surface area contributed by atoms with Gasteiger partial charge in [-0.25, -0.2) is 9.37 Å². The molecular formula is C12H16FN3. The monoisotopic (exact) mass is 221 g/mol. The first kappa shape index (κ1) is 11.1. The number of imidazole rings is 1. The third-order valence-electron chi connectivity index (χ3n) is 2.94. The summed E-state index contributed by atoms with van der Waals surface area (Å²) in [6, 6.07) is 3.67. The lowest BCUT2D eigenvalue weighted by molar-refractivity contribution is 0.311. The van der Waals surface area contributed by atoms with Gasteiger partial charge >= 0.3 is 0 Å². The van der Waals surface area contributed by atoms with Crippen molar-refractivity contribution >= 4 is 5.52 Å². The maximum absolute atomic E-state index is 13.0. The molecule has 0 saturated carbocycles. The van der Waals surface area contributed by atoms with Gasteiger partial charge in [0.15, 0.2) is 0 Å². The van der Waals surface area contributed by atoms with Gasteiger partial charge in [0.1, 0.15) is 5.82 Å². The number of halogens is 1. The molecule has 2 aromatic heterocycles. The minimum absolute atomic E-state index is 0.239. The van der Waals surface area contributed by atoms with Crippen LogP contribution in [0.1, 0.15) is 12.6 Å². The second-order valence-corrected chi connectivity index (χ2v) is 4.35. The van der Waals surface area contributed by atoms with E-state index in [2.05, 4.69) is 16.8 Å². The highest BCUT2D eigenvalue weighted by atomic mass is 19.1. The second-order valence-electron chi connectivity index (χ2n) is 4.35. The Morgan fingerprint density at radius 2 is 2.19 bits per heavy atom. The average molecular weight is 221 g/mol. The predicted molar refractivity (Wildman–Crippen MR) is 62.0 cm³/mol. The maximum Gasteiger partial charge on any atom is 0.139 e. The highest BCUT2D eigenvalue weighted by Crippen LogP contribution is 2.13. The quantitative estimate of drug-likeness (QED) is 0.790. The number of nitrogens with zero attached hydrogens (tertiary/aromatic N) is 3. The molecule has 0 aliphatic carbocycles. The Kier molecular flexibility index (Phi) is 2.92. The van der Waals surface area contributed by atoms with E-state index in [1.165, 1.54) is 12.3 Å². The zero-order chi connectivity index (χ0) is 11.7. The van der Waals surface area contributed by atoms with Crippen LogP contribution in [-0.4, -0.2) is 34.4 Å². The van der Waals surface area contributed by atoms with Crippen molar-refractivity contribution in [2.24, 2.45) is 0 Å². The minimum atomic E-state index is -0.239. The molecule has 16 heavy (non-hydrogen) atoms. The number of fused-ring (bicyclic) bond motifs is 1. The molecule has 0 radical (unpaired) electrons. The van der Waals surface area contributed by atoms with Crippen LogP contribution in [0.15, 0.2) is 24.7 Å². The zero-order valence-electron chi connectivity index (χ0n) is 9.81. The summed E-state index contributed by atoms with van der Waals surface area (Å²) in [5.74, 6) is -0.239. The first-order valence-electron chi connectivity index (χ1n) is 5.35. The number of aromatic nitrogens is 2. The summed E-state index contributed by atoms with van der Waals surface area (Å²) in [5, 5.41) is 0. The highest BCUT2D eigenvalue weighted by Gasteiger charge is 2.11. The topological polar surface area (TPSA) is 20.5 Å². The summed E-state index contributed by atoms with van der Waals surface area (Å²) in [7, 11) is 4.09. The van der Waals surface area contributed by atoms with Crippen molar-refractivity contribution in [1.82, 2.24) is 14.3 Å². The second kappa shape index (κ2) is 4.22. The summed E-state index contributed by atoms with van der Waals surface area (Å²) in [6.45, 7) is 2.15. The Morgan fingerprint density at radius 1 is 1.44 bits per heavy atom. The molecule has 0 aromatic carbocycles. The molecule has 2 aromatic rings. The van der Waals surface area contributed by atoms with E-state index in [-0.39, 0.29) is 5.82 Å². The van der Waals surface area contributed by atoms with Gasteiger partial charge in [0.25, 0.3) is 0 Å². The van der Waals surface area contributed by atoms with Crippen molar-refractivity contribution in [3.63, 3.8) is 0 Å². The van der Waals surface area contributed by atoms with Crippen LogP contribution in [0.2, 0.25) is 0 Å². The molecule has 1 unspecified atom stereocenters. The zero-order valence-corrected chi connectivity index (χ0v) is 9.81. The molecule has 0 aliphatic rings. The van der Waals surface area contributed by atoms with Crippen LogP contribution in [0.25, 0.3) is 5.52 Å². The van der Waals surface area contributed by atoms with E-state index in [1.807, 2.05) is 14.1 Å². The molecule has 0 N–H and O–H groups in total. The summed E-state index contributed by atoms with van der Waals surface area (Å²) in [5.41, 5.74) is 2.00. The number of hydrogen-bond acceptors (Lipinski definition) is 2. The maximum atomic E-state index is 13.0. The van der Waals surface area contributed by atoms with Crippen LogP contribution in [0.3, 0.4) is 0 Å². The molecule has 0 aliphatic heterocycles. The Morgan fingerprint density at radius 3 is 2.88 bits per heavy atom. The van der Waals surface area contributed by atoms with E-state index in [0.717, 1.165) is 17.6 Å².